The highest BCUT2D eigenvalue weighted by atomic mass is 32.1. The van der Waals surface area contributed by atoms with E-state index in [0.717, 1.165) is 29.1 Å². The lowest BCUT2D eigenvalue weighted by Crippen LogP contribution is -2.38. The van der Waals surface area contributed by atoms with Crippen LogP contribution >= 0.6 is 11.3 Å². The van der Waals surface area contributed by atoms with E-state index in [1.807, 2.05) is 30.2 Å². The Bertz CT molecular complexity index is 1570. The quantitative estimate of drug-likeness (QED) is 0.418. The fraction of sp³-hybridized carbons (Fsp3) is 0.250. The minimum absolute atomic E-state index is 0.0632. The first-order chi connectivity index (χ1) is 17.1. The van der Waals surface area contributed by atoms with E-state index in [1.165, 1.54) is 9.20 Å². The number of fused-ring (bicyclic) bond motifs is 1. The first-order valence-electron chi connectivity index (χ1n) is 11.4. The second kappa shape index (κ2) is 8.58. The van der Waals surface area contributed by atoms with Gasteiger partial charge in [-0.2, -0.15) is 5.10 Å². The smallest absolute Gasteiger partial charge is 0.276 e. The van der Waals surface area contributed by atoms with Crippen molar-refractivity contribution in [1.82, 2.24) is 39.2 Å². The molecule has 0 unspecified atom stereocenters. The number of carbonyl (C=O) groups is 1. The molecule has 0 atom stereocenters. The number of carbonyl (C=O) groups excluding carboxylic acids is 1. The van der Waals surface area contributed by atoms with Crippen molar-refractivity contribution in [3.63, 3.8) is 0 Å². The third-order valence-electron chi connectivity index (χ3n) is 6.44. The van der Waals surface area contributed by atoms with Crippen molar-refractivity contribution in [2.75, 3.05) is 13.1 Å². The summed E-state index contributed by atoms with van der Waals surface area (Å²) >= 11 is 1.67. The number of aromatic amines is 1. The molecule has 35 heavy (non-hydrogen) atoms. The average molecular weight is 487 g/mol. The molecule has 1 N–H and O–H groups in total. The molecule has 11 heteroatoms. The molecular formula is C24H22N8O2S. The highest BCUT2D eigenvalue weighted by Gasteiger charge is 2.28. The number of amides is 1. The third-order valence-corrected chi connectivity index (χ3v) is 7.45. The minimum Gasteiger partial charge on any atom is -0.338 e. The lowest BCUT2D eigenvalue weighted by atomic mass is 9.97. The number of likely N-dealkylation sites (tertiary alicyclic amines) is 1. The van der Waals surface area contributed by atoms with Crippen LogP contribution in [-0.4, -0.2) is 58.2 Å². The van der Waals surface area contributed by atoms with E-state index < -0.39 is 0 Å². The third kappa shape index (κ3) is 3.83. The molecule has 176 valence electrons. The van der Waals surface area contributed by atoms with Gasteiger partial charge in [-0.3, -0.25) is 19.6 Å². The Morgan fingerprint density at radius 1 is 1.17 bits per heavy atom. The van der Waals surface area contributed by atoms with Crippen molar-refractivity contribution < 1.29 is 4.79 Å². The lowest BCUT2D eigenvalue weighted by Gasteiger charge is -2.31. The summed E-state index contributed by atoms with van der Waals surface area (Å²) in [6, 6.07) is 7.36. The normalized spacial score (nSPS) is 14.6. The van der Waals surface area contributed by atoms with Gasteiger partial charge in [-0.1, -0.05) is 0 Å². The first kappa shape index (κ1) is 21.4. The van der Waals surface area contributed by atoms with Crippen LogP contribution in [0.4, 0.5) is 0 Å². The lowest BCUT2D eigenvalue weighted by molar-refractivity contribution is 0.0712. The van der Waals surface area contributed by atoms with Gasteiger partial charge < -0.3 is 4.90 Å². The van der Waals surface area contributed by atoms with Crippen molar-refractivity contribution in [1.29, 1.82) is 0 Å². The predicted molar refractivity (Wildman–Crippen MR) is 131 cm³/mol. The summed E-state index contributed by atoms with van der Waals surface area (Å²) in [4.78, 5) is 39.2. The molecule has 0 aromatic carbocycles. The topological polar surface area (TPSA) is 114 Å². The SMILES string of the molecule is Cc1c(C(=O)N2CCC(c3nc(-c4cccnc4)cs3)CC2)cnn1-c1nn2cccc2c(=O)[nH]1. The molecule has 6 rings (SSSR count). The van der Waals surface area contributed by atoms with Gasteiger partial charge in [-0.05, 0) is 44.0 Å². The molecule has 5 aromatic rings. The number of nitrogens with one attached hydrogen (secondary N) is 1. The zero-order chi connectivity index (χ0) is 23.9. The summed E-state index contributed by atoms with van der Waals surface area (Å²) in [5.74, 6) is 0.537. The highest BCUT2D eigenvalue weighted by molar-refractivity contribution is 7.10. The van der Waals surface area contributed by atoms with Crippen LogP contribution < -0.4 is 5.56 Å². The molecule has 1 amide bonds. The summed E-state index contributed by atoms with van der Waals surface area (Å²) in [5, 5.41) is 11.9. The van der Waals surface area contributed by atoms with E-state index >= 15 is 0 Å². The molecule has 1 aliphatic heterocycles. The van der Waals surface area contributed by atoms with Crippen LogP contribution in [0.3, 0.4) is 0 Å². The van der Waals surface area contributed by atoms with Crippen molar-refractivity contribution in [3.05, 3.63) is 81.1 Å². The Balaban J connectivity index is 1.16. The molecule has 5 aromatic heterocycles. The number of piperidine rings is 1. The Hall–Kier alpha value is -4.12. The molecule has 0 saturated carbocycles. The van der Waals surface area contributed by atoms with Crippen LogP contribution in [0.1, 0.15) is 39.8 Å². The maximum Gasteiger partial charge on any atom is 0.276 e. The van der Waals surface area contributed by atoms with Gasteiger partial charge >= 0.3 is 0 Å². The van der Waals surface area contributed by atoms with Crippen LogP contribution in [0.2, 0.25) is 0 Å². The Morgan fingerprint density at radius 2 is 2.03 bits per heavy atom. The van der Waals surface area contributed by atoms with Gasteiger partial charge in [0.1, 0.15) is 5.52 Å². The Labute approximate surface area is 203 Å². The van der Waals surface area contributed by atoms with Gasteiger partial charge in [0.2, 0.25) is 5.95 Å². The number of aromatic nitrogens is 7. The van der Waals surface area contributed by atoms with Gasteiger partial charge in [-0.15, -0.1) is 16.4 Å². The molecule has 10 nitrogen and oxygen atoms in total. The van der Waals surface area contributed by atoms with Crippen molar-refractivity contribution >= 4 is 22.8 Å². The first-order valence-corrected chi connectivity index (χ1v) is 12.2. The second-order valence-electron chi connectivity index (χ2n) is 8.55. The van der Waals surface area contributed by atoms with Crippen LogP contribution in [0.15, 0.2) is 59.2 Å². The highest BCUT2D eigenvalue weighted by Crippen LogP contribution is 2.33. The predicted octanol–water partition coefficient (Wildman–Crippen LogP) is 3.06. The van der Waals surface area contributed by atoms with Gasteiger partial charge in [-0.25, -0.2) is 14.2 Å². The summed E-state index contributed by atoms with van der Waals surface area (Å²) < 4.78 is 3.00. The minimum atomic E-state index is -0.265. The van der Waals surface area contributed by atoms with Gasteiger partial charge in [0, 0.05) is 48.5 Å². The monoisotopic (exact) mass is 486 g/mol. The van der Waals surface area contributed by atoms with Crippen LogP contribution in [0, 0.1) is 6.92 Å². The number of rotatable bonds is 4. The maximum absolute atomic E-state index is 13.3. The van der Waals surface area contributed by atoms with E-state index in [0.29, 0.717) is 35.8 Å². The molecule has 1 fully saturated rings. The van der Waals surface area contributed by atoms with E-state index in [2.05, 4.69) is 25.5 Å². The molecule has 1 saturated heterocycles. The van der Waals surface area contributed by atoms with E-state index in [9.17, 15) is 9.59 Å². The maximum atomic E-state index is 13.3. The number of H-pyrrole nitrogens is 1. The second-order valence-corrected chi connectivity index (χ2v) is 9.44. The van der Waals surface area contributed by atoms with E-state index in [1.54, 1.807) is 42.1 Å². The summed E-state index contributed by atoms with van der Waals surface area (Å²) in [7, 11) is 0. The summed E-state index contributed by atoms with van der Waals surface area (Å²) in [5.41, 5.74) is 3.29. The van der Waals surface area contributed by atoms with Crippen LogP contribution in [-0.2, 0) is 0 Å². The average Bonchev–Trinajstić information content (AvgIpc) is 3.64. The largest absolute Gasteiger partial charge is 0.338 e. The van der Waals surface area contributed by atoms with Gasteiger partial charge in [0.15, 0.2) is 0 Å². The molecule has 0 aliphatic carbocycles. The zero-order valence-electron chi connectivity index (χ0n) is 19.0. The van der Waals surface area contributed by atoms with Crippen molar-refractivity contribution in [3.8, 4) is 17.2 Å². The number of hydrogen-bond acceptors (Lipinski definition) is 7. The standard InChI is InChI=1S/C24H22N8O2S/c1-15-18(13-26-32(15)24-28-21(33)20-5-3-9-31(20)29-24)23(34)30-10-6-16(7-11-30)22-27-19(14-35-22)17-4-2-8-25-12-17/h2-5,8-9,12-14,16H,6-7,10-11H2,1H3,(H,28,29,33). The van der Waals surface area contributed by atoms with E-state index in [4.69, 9.17) is 4.98 Å². The fourth-order valence-electron chi connectivity index (χ4n) is 4.48. The van der Waals surface area contributed by atoms with Crippen LogP contribution in [0.5, 0.6) is 0 Å². The van der Waals surface area contributed by atoms with Crippen LogP contribution in [0.25, 0.3) is 22.7 Å². The molecule has 0 spiro atoms. The van der Waals surface area contributed by atoms with Gasteiger partial charge in [0.25, 0.3) is 11.5 Å². The Morgan fingerprint density at radius 3 is 2.83 bits per heavy atom. The summed E-state index contributed by atoms with van der Waals surface area (Å²) in [6.07, 6.45) is 8.54. The molecule has 1 aliphatic rings. The molecule has 6 heterocycles. The van der Waals surface area contributed by atoms with Crippen molar-refractivity contribution in [2.45, 2.75) is 25.7 Å². The molecule has 0 bridgehead atoms. The van der Waals surface area contributed by atoms with Gasteiger partial charge in [0.05, 0.1) is 28.2 Å². The molecular weight excluding hydrogens is 464 g/mol. The Kier molecular flexibility index (Phi) is 5.25. The number of nitrogens with zero attached hydrogens (tertiary/aromatic N) is 7. The molecule has 0 radical (unpaired) electrons. The number of pyridine rings is 1. The fourth-order valence-corrected chi connectivity index (χ4v) is 5.48. The zero-order valence-corrected chi connectivity index (χ0v) is 19.8. The summed E-state index contributed by atoms with van der Waals surface area (Å²) in [6.45, 7) is 3.11. The van der Waals surface area contributed by atoms with E-state index in [-0.39, 0.29) is 17.4 Å². The number of thiazole rings is 1. The van der Waals surface area contributed by atoms with Crippen molar-refractivity contribution in [2.24, 2.45) is 0 Å². The number of hydrogen-bond donors (Lipinski definition) is 1.